The number of aliphatic hydroxyl groups excluding tert-OH is 1. The van der Waals surface area contributed by atoms with E-state index in [9.17, 15) is 5.11 Å². The van der Waals surface area contributed by atoms with Crippen LogP contribution in [0.4, 0.5) is 0 Å². The Labute approximate surface area is 151 Å². The van der Waals surface area contributed by atoms with E-state index >= 15 is 0 Å². The van der Waals surface area contributed by atoms with Gasteiger partial charge in [0.2, 0.25) is 0 Å². The van der Waals surface area contributed by atoms with Gasteiger partial charge in [-0.1, -0.05) is 29.4 Å². The van der Waals surface area contributed by atoms with Crippen LogP contribution in [0.15, 0.2) is 48.5 Å². The van der Waals surface area contributed by atoms with Crippen LogP contribution in [-0.2, 0) is 6.54 Å². The number of aromatic nitrogens is 4. The highest BCUT2D eigenvalue weighted by atomic mass is 16.5. The minimum absolute atomic E-state index is 0.245. The number of nitrogens with one attached hydrogen (secondary N) is 1. The normalized spacial score (nSPS) is 12.0. The molecule has 8 nitrogen and oxygen atoms in total. The molecule has 1 heterocycles. The molecule has 0 fully saturated rings. The molecule has 0 saturated carbocycles. The Bertz CT molecular complexity index is 836. The lowest BCUT2D eigenvalue weighted by atomic mass is 10.2. The number of tetrazole rings is 1. The smallest absolute Gasteiger partial charge is 0.346 e. The molecular weight excluding hydrogens is 334 g/mol. The molecule has 1 aromatic heterocycles. The molecule has 136 valence electrons. The van der Waals surface area contributed by atoms with E-state index in [1.165, 1.54) is 4.68 Å². The molecule has 1 atom stereocenters. The Kier molecular flexibility index (Phi) is 5.77. The zero-order valence-electron chi connectivity index (χ0n) is 14.7. The number of ether oxygens (including phenoxy) is 2. The van der Waals surface area contributed by atoms with Crippen LogP contribution < -0.4 is 14.8 Å². The van der Waals surface area contributed by atoms with Gasteiger partial charge in [-0.2, -0.15) is 4.68 Å². The van der Waals surface area contributed by atoms with Gasteiger partial charge in [-0.15, -0.1) is 0 Å². The molecule has 0 spiro atoms. The lowest BCUT2D eigenvalue weighted by Crippen LogP contribution is -2.23. The predicted molar refractivity (Wildman–Crippen MR) is 95.6 cm³/mol. The summed E-state index contributed by atoms with van der Waals surface area (Å²) in [7, 11) is 1.58. The van der Waals surface area contributed by atoms with E-state index < -0.39 is 6.10 Å². The molecule has 0 aliphatic rings. The molecule has 0 aliphatic heterocycles. The number of hydrogen-bond donors (Lipinski definition) is 2. The monoisotopic (exact) mass is 355 g/mol. The van der Waals surface area contributed by atoms with Crippen LogP contribution in [0.5, 0.6) is 17.5 Å². The van der Waals surface area contributed by atoms with E-state index in [-0.39, 0.29) is 6.01 Å². The SMILES string of the molecule is COc1cc(CNC[C@H](C)O)ccc1Oc1nnnn1-c1ccccc1. The van der Waals surface area contributed by atoms with Gasteiger partial charge >= 0.3 is 6.01 Å². The van der Waals surface area contributed by atoms with Crippen molar-refractivity contribution in [2.45, 2.75) is 19.6 Å². The van der Waals surface area contributed by atoms with Gasteiger partial charge in [0.05, 0.1) is 18.9 Å². The van der Waals surface area contributed by atoms with Crippen molar-refractivity contribution in [2.24, 2.45) is 0 Å². The summed E-state index contributed by atoms with van der Waals surface area (Å²) in [4.78, 5) is 0. The van der Waals surface area contributed by atoms with Crippen LogP contribution >= 0.6 is 0 Å². The summed E-state index contributed by atoms with van der Waals surface area (Å²) >= 11 is 0. The molecule has 0 saturated heterocycles. The number of nitrogens with zero attached hydrogens (tertiary/aromatic N) is 4. The maximum absolute atomic E-state index is 9.31. The van der Waals surface area contributed by atoms with Gasteiger partial charge < -0.3 is 19.9 Å². The average molecular weight is 355 g/mol. The van der Waals surface area contributed by atoms with Crippen molar-refractivity contribution in [3.63, 3.8) is 0 Å². The first-order chi connectivity index (χ1) is 12.7. The zero-order chi connectivity index (χ0) is 18.4. The fourth-order valence-electron chi connectivity index (χ4n) is 2.40. The van der Waals surface area contributed by atoms with Crippen molar-refractivity contribution >= 4 is 0 Å². The Morgan fingerprint density at radius 1 is 1.15 bits per heavy atom. The summed E-state index contributed by atoms with van der Waals surface area (Å²) in [6.45, 7) is 2.87. The standard InChI is InChI=1S/C18H21N5O3/c1-13(24)11-19-12-14-8-9-16(17(10-14)25-2)26-18-20-21-22-23(18)15-6-4-3-5-7-15/h3-10,13,19,24H,11-12H2,1-2H3/t13-/m0/s1. The lowest BCUT2D eigenvalue weighted by Gasteiger charge is -2.12. The quantitative estimate of drug-likeness (QED) is 0.637. The number of hydrogen-bond acceptors (Lipinski definition) is 7. The van der Waals surface area contributed by atoms with E-state index in [2.05, 4.69) is 20.8 Å². The Morgan fingerprint density at radius 2 is 1.96 bits per heavy atom. The van der Waals surface area contributed by atoms with Crippen molar-refractivity contribution < 1.29 is 14.6 Å². The first-order valence-electron chi connectivity index (χ1n) is 8.24. The molecule has 8 heteroatoms. The van der Waals surface area contributed by atoms with Crippen LogP contribution in [0.2, 0.25) is 0 Å². The number of rotatable bonds is 8. The topological polar surface area (TPSA) is 94.3 Å². The van der Waals surface area contributed by atoms with E-state index in [0.29, 0.717) is 24.6 Å². The highest BCUT2D eigenvalue weighted by molar-refractivity contribution is 5.44. The lowest BCUT2D eigenvalue weighted by molar-refractivity contribution is 0.191. The van der Waals surface area contributed by atoms with E-state index in [0.717, 1.165) is 11.3 Å². The summed E-state index contributed by atoms with van der Waals surface area (Å²) in [5.41, 5.74) is 1.81. The molecule has 2 N–H and O–H groups in total. The van der Waals surface area contributed by atoms with Crippen LogP contribution in [0.25, 0.3) is 5.69 Å². The van der Waals surface area contributed by atoms with Gasteiger partial charge in [0.1, 0.15) is 0 Å². The molecule has 3 rings (SSSR count). The summed E-state index contributed by atoms with van der Waals surface area (Å²) in [6.07, 6.45) is -0.392. The van der Waals surface area contributed by atoms with Gasteiger partial charge in [-0.05, 0) is 47.2 Å². The molecule has 26 heavy (non-hydrogen) atoms. The van der Waals surface area contributed by atoms with Crippen molar-refractivity contribution in [2.75, 3.05) is 13.7 Å². The Morgan fingerprint density at radius 3 is 2.69 bits per heavy atom. The minimum Gasteiger partial charge on any atom is -0.493 e. The van der Waals surface area contributed by atoms with Crippen LogP contribution in [0.1, 0.15) is 12.5 Å². The molecule has 0 aliphatic carbocycles. The summed E-state index contributed by atoms with van der Waals surface area (Å²) < 4.78 is 12.8. The minimum atomic E-state index is -0.392. The molecule has 2 aromatic carbocycles. The molecule has 3 aromatic rings. The maximum atomic E-state index is 9.31. The molecular formula is C18H21N5O3. The fraction of sp³-hybridized carbons (Fsp3) is 0.278. The highest BCUT2D eigenvalue weighted by Gasteiger charge is 2.14. The maximum Gasteiger partial charge on any atom is 0.346 e. The van der Waals surface area contributed by atoms with Gasteiger partial charge in [0, 0.05) is 13.1 Å². The van der Waals surface area contributed by atoms with Crippen molar-refractivity contribution in [1.82, 2.24) is 25.5 Å². The van der Waals surface area contributed by atoms with Crippen molar-refractivity contribution in [1.29, 1.82) is 0 Å². The largest absolute Gasteiger partial charge is 0.493 e. The zero-order valence-corrected chi connectivity index (χ0v) is 14.7. The second-order valence-corrected chi connectivity index (χ2v) is 5.78. The first-order valence-corrected chi connectivity index (χ1v) is 8.24. The molecule has 0 amide bonds. The third-order valence-corrected chi connectivity index (χ3v) is 3.64. The van der Waals surface area contributed by atoms with Crippen LogP contribution in [0.3, 0.4) is 0 Å². The number of aliphatic hydroxyl groups is 1. The summed E-state index contributed by atoms with van der Waals surface area (Å²) in [5.74, 6) is 1.09. The number of para-hydroxylation sites is 1. The summed E-state index contributed by atoms with van der Waals surface area (Å²) in [6, 6.07) is 15.3. The van der Waals surface area contributed by atoms with Crippen molar-refractivity contribution in [3.05, 3.63) is 54.1 Å². The van der Waals surface area contributed by atoms with Crippen LogP contribution in [-0.4, -0.2) is 45.1 Å². The molecule has 0 unspecified atom stereocenters. The number of methoxy groups -OCH3 is 1. The third kappa shape index (κ3) is 4.35. The Hall–Kier alpha value is -2.97. The predicted octanol–water partition coefficient (Wildman–Crippen LogP) is 1.93. The highest BCUT2D eigenvalue weighted by Crippen LogP contribution is 2.32. The summed E-state index contributed by atoms with van der Waals surface area (Å²) in [5, 5.41) is 24.1. The first kappa shape index (κ1) is 17.8. The Balaban J connectivity index is 1.77. The van der Waals surface area contributed by atoms with Gasteiger partial charge in [0.15, 0.2) is 11.5 Å². The van der Waals surface area contributed by atoms with Gasteiger partial charge in [0.25, 0.3) is 0 Å². The van der Waals surface area contributed by atoms with Gasteiger partial charge in [-0.3, -0.25) is 0 Å². The molecule has 0 bridgehead atoms. The second-order valence-electron chi connectivity index (χ2n) is 5.78. The van der Waals surface area contributed by atoms with E-state index in [4.69, 9.17) is 9.47 Å². The van der Waals surface area contributed by atoms with E-state index in [1.54, 1.807) is 14.0 Å². The number of benzene rings is 2. The van der Waals surface area contributed by atoms with Gasteiger partial charge in [-0.25, -0.2) is 0 Å². The second kappa shape index (κ2) is 8.41. The van der Waals surface area contributed by atoms with Crippen molar-refractivity contribution in [3.8, 4) is 23.2 Å². The molecule has 0 radical (unpaired) electrons. The fourth-order valence-corrected chi connectivity index (χ4v) is 2.40. The van der Waals surface area contributed by atoms with E-state index in [1.807, 2.05) is 48.5 Å². The third-order valence-electron chi connectivity index (χ3n) is 3.64. The van der Waals surface area contributed by atoms with Crippen LogP contribution in [0, 0.1) is 0 Å². The average Bonchev–Trinajstić information content (AvgIpc) is 3.11.